The van der Waals surface area contributed by atoms with Gasteiger partial charge in [0, 0.05) is 18.4 Å². The van der Waals surface area contributed by atoms with Crippen LogP contribution in [-0.4, -0.2) is 29.2 Å². The lowest BCUT2D eigenvalue weighted by Gasteiger charge is -2.19. The van der Waals surface area contributed by atoms with Crippen molar-refractivity contribution in [2.75, 3.05) is 18.4 Å². The molecule has 88 valence electrons. The normalized spacial score (nSPS) is 10.2. The molecule has 0 radical (unpaired) electrons. The third-order valence-electron chi connectivity index (χ3n) is 2.33. The number of alkyl halides is 1. The maximum atomic E-state index is 12.9. The van der Waals surface area contributed by atoms with Crippen LogP contribution in [0, 0.1) is 5.82 Å². The van der Waals surface area contributed by atoms with Crippen LogP contribution in [0.15, 0.2) is 24.3 Å². The van der Waals surface area contributed by atoms with E-state index < -0.39 is 0 Å². The van der Waals surface area contributed by atoms with Crippen LogP contribution in [0.25, 0.3) is 0 Å². The van der Waals surface area contributed by atoms with E-state index in [0.717, 1.165) is 10.9 Å². The summed E-state index contributed by atoms with van der Waals surface area (Å²) in [5, 5.41) is 0.760. The first-order chi connectivity index (χ1) is 7.67. The summed E-state index contributed by atoms with van der Waals surface area (Å²) in [4.78, 5) is 13.6. The third kappa shape index (κ3) is 3.93. The highest BCUT2D eigenvalue weighted by Gasteiger charge is 2.11. The molecule has 0 bridgehead atoms. The SMILES string of the molecule is CCN(CCBr)C(=O)Cc1cccc(F)c1. The number of halogens is 2. The van der Waals surface area contributed by atoms with E-state index in [2.05, 4.69) is 15.9 Å². The molecule has 0 heterocycles. The number of carbonyl (C=O) groups excluding carboxylic acids is 1. The molecule has 2 nitrogen and oxygen atoms in total. The molecule has 0 aliphatic carbocycles. The highest BCUT2D eigenvalue weighted by molar-refractivity contribution is 9.09. The number of amides is 1. The van der Waals surface area contributed by atoms with Crippen molar-refractivity contribution in [1.82, 2.24) is 4.90 Å². The highest BCUT2D eigenvalue weighted by Crippen LogP contribution is 2.06. The summed E-state index contributed by atoms with van der Waals surface area (Å²) in [6.45, 7) is 3.30. The first kappa shape index (κ1) is 13.2. The van der Waals surface area contributed by atoms with Gasteiger partial charge in [0.15, 0.2) is 0 Å². The van der Waals surface area contributed by atoms with Crippen LogP contribution in [0.2, 0.25) is 0 Å². The van der Waals surface area contributed by atoms with E-state index in [1.807, 2.05) is 6.92 Å². The fraction of sp³-hybridized carbons (Fsp3) is 0.417. The van der Waals surface area contributed by atoms with Gasteiger partial charge in [0.2, 0.25) is 5.91 Å². The minimum atomic E-state index is -0.297. The summed E-state index contributed by atoms with van der Waals surface area (Å²) < 4.78 is 12.9. The maximum Gasteiger partial charge on any atom is 0.227 e. The van der Waals surface area contributed by atoms with Gasteiger partial charge in [-0.05, 0) is 24.6 Å². The van der Waals surface area contributed by atoms with E-state index in [1.165, 1.54) is 12.1 Å². The Hall–Kier alpha value is -0.900. The zero-order valence-electron chi connectivity index (χ0n) is 9.25. The average Bonchev–Trinajstić information content (AvgIpc) is 2.25. The molecule has 0 saturated carbocycles. The number of rotatable bonds is 5. The van der Waals surface area contributed by atoms with Crippen molar-refractivity contribution < 1.29 is 9.18 Å². The second kappa shape index (κ2) is 6.63. The first-order valence-corrected chi connectivity index (χ1v) is 6.37. The van der Waals surface area contributed by atoms with Gasteiger partial charge in [0.1, 0.15) is 5.82 Å². The minimum Gasteiger partial charge on any atom is -0.342 e. The predicted octanol–water partition coefficient (Wildman–Crippen LogP) is 2.61. The smallest absolute Gasteiger partial charge is 0.227 e. The van der Waals surface area contributed by atoms with Crippen LogP contribution in [-0.2, 0) is 11.2 Å². The summed E-state index contributed by atoms with van der Waals surface area (Å²) in [7, 11) is 0. The zero-order valence-corrected chi connectivity index (χ0v) is 10.8. The van der Waals surface area contributed by atoms with Crippen LogP contribution in [0.4, 0.5) is 4.39 Å². The Labute approximate surface area is 104 Å². The fourth-order valence-electron chi connectivity index (χ4n) is 1.49. The molecule has 0 aromatic heterocycles. The Morgan fingerprint density at radius 2 is 2.25 bits per heavy atom. The standard InChI is InChI=1S/C12H15BrFNO/c1-2-15(7-6-13)12(16)9-10-4-3-5-11(14)8-10/h3-5,8H,2,6-7,9H2,1H3. The lowest BCUT2D eigenvalue weighted by molar-refractivity contribution is -0.130. The molecule has 0 saturated heterocycles. The zero-order chi connectivity index (χ0) is 12.0. The van der Waals surface area contributed by atoms with Gasteiger partial charge in [-0.3, -0.25) is 4.79 Å². The Balaban J connectivity index is 2.62. The van der Waals surface area contributed by atoms with Crippen molar-refractivity contribution in [3.63, 3.8) is 0 Å². The molecule has 0 spiro atoms. The van der Waals surface area contributed by atoms with Crippen LogP contribution < -0.4 is 0 Å². The van der Waals surface area contributed by atoms with Crippen molar-refractivity contribution >= 4 is 21.8 Å². The molecule has 0 aliphatic rings. The third-order valence-corrected chi connectivity index (χ3v) is 2.69. The summed E-state index contributed by atoms with van der Waals surface area (Å²) in [5.74, 6) is -0.263. The second-order valence-electron chi connectivity index (χ2n) is 3.47. The molecule has 0 aliphatic heterocycles. The molecule has 1 amide bonds. The van der Waals surface area contributed by atoms with Crippen LogP contribution in [0.3, 0.4) is 0 Å². The number of benzene rings is 1. The summed E-state index contributed by atoms with van der Waals surface area (Å²) >= 11 is 3.30. The number of hydrogen-bond acceptors (Lipinski definition) is 1. The minimum absolute atomic E-state index is 0.0348. The lowest BCUT2D eigenvalue weighted by atomic mass is 10.1. The Morgan fingerprint density at radius 1 is 1.50 bits per heavy atom. The molecule has 1 aromatic rings. The van der Waals surface area contributed by atoms with Crippen molar-refractivity contribution in [3.8, 4) is 0 Å². The molecule has 1 rings (SSSR count). The molecule has 1 aromatic carbocycles. The van der Waals surface area contributed by atoms with Gasteiger partial charge in [-0.25, -0.2) is 4.39 Å². The first-order valence-electron chi connectivity index (χ1n) is 5.25. The van der Waals surface area contributed by atoms with E-state index in [-0.39, 0.29) is 18.1 Å². The van der Waals surface area contributed by atoms with E-state index in [9.17, 15) is 9.18 Å². The van der Waals surface area contributed by atoms with E-state index in [0.29, 0.717) is 13.1 Å². The van der Waals surface area contributed by atoms with Gasteiger partial charge < -0.3 is 4.90 Å². The van der Waals surface area contributed by atoms with Gasteiger partial charge in [-0.1, -0.05) is 28.1 Å². The van der Waals surface area contributed by atoms with Crippen LogP contribution in [0.1, 0.15) is 12.5 Å². The van der Waals surface area contributed by atoms with Gasteiger partial charge in [0.05, 0.1) is 6.42 Å². The number of nitrogens with zero attached hydrogens (tertiary/aromatic N) is 1. The van der Waals surface area contributed by atoms with Crippen LogP contribution >= 0.6 is 15.9 Å². The molecule has 16 heavy (non-hydrogen) atoms. The van der Waals surface area contributed by atoms with E-state index >= 15 is 0 Å². The molecular formula is C12H15BrFNO. The monoisotopic (exact) mass is 287 g/mol. The molecule has 0 atom stereocenters. The Bertz CT molecular complexity index is 357. The largest absolute Gasteiger partial charge is 0.342 e. The quantitative estimate of drug-likeness (QED) is 0.763. The predicted molar refractivity (Wildman–Crippen MR) is 66.2 cm³/mol. The maximum absolute atomic E-state index is 12.9. The van der Waals surface area contributed by atoms with E-state index in [4.69, 9.17) is 0 Å². The van der Waals surface area contributed by atoms with Crippen molar-refractivity contribution in [2.24, 2.45) is 0 Å². The van der Waals surface area contributed by atoms with Gasteiger partial charge in [-0.2, -0.15) is 0 Å². The topological polar surface area (TPSA) is 20.3 Å². The van der Waals surface area contributed by atoms with Crippen molar-refractivity contribution in [2.45, 2.75) is 13.3 Å². The van der Waals surface area contributed by atoms with Crippen LogP contribution in [0.5, 0.6) is 0 Å². The summed E-state index contributed by atoms with van der Waals surface area (Å²) in [6.07, 6.45) is 0.262. The fourth-order valence-corrected chi connectivity index (χ4v) is 1.92. The molecular weight excluding hydrogens is 273 g/mol. The van der Waals surface area contributed by atoms with Crippen molar-refractivity contribution in [3.05, 3.63) is 35.6 Å². The highest BCUT2D eigenvalue weighted by atomic mass is 79.9. The number of carbonyl (C=O) groups is 1. The molecule has 0 fully saturated rings. The molecule has 4 heteroatoms. The molecule has 0 N–H and O–H groups in total. The average molecular weight is 288 g/mol. The van der Waals surface area contributed by atoms with Gasteiger partial charge in [0.25, 0.3) is 0 Å². The number of hydrogen-bond donors (Lipinski definition) is 0. The van der Waals surface area contributed by atoms with E-state index in [1.54, 1.807) is 17.0 Å². The number of likely N-dealkylation sites (N-methyl/N-ethyl adjacent to an activating group) is 1. The van der Waals surface area contributed by atoms with Crippen molar-refractivity contribution in [1.29, 1.82) is 0 Å². The van der Waals surface area contributed by atoms with Gasteiger partial charge >= 0.3 is 0 Å². The summed E-state index contributed by atoms with van der Waals surface area (Å²) in [5.41, 5.74) is 0.720. The lowest BCUT2D eigenvalue weighted by Crippen LogP contribution is -2.33. The Kier molecular flexibility index (Phi) is 5.46. The molecule has 0 unspecified atom stereocenters. The summed E-state index contributed by atoms with van der Waals surface area (Å²) in [6, 6.07) is 6.17. The second-order valence-corrected chi connectivity index (χ2v) is 4.26. The Morgan fingerprint density at radius 3 is 2.81 bits per heavy atom. The van der Waals surface area contributed by atoms with Gasteiger partial charge in [-0.15, -0.1) is 0 Å².